The van der Waals surface area contributed by atoms with E-state index < -0.39 is 45.9 Å². The number of nitrogens with one attached hydrogen (secondary N) is 2. The van der Waals surface area contributed by atoms with Gasteiger partial charge in [0.2, 0.25) is 5.72 Å². The van der Waals surface area contributed by atoms with E-state index in [0.29, 0.717) is 0 Å². The van der Waals surface area contributed by atoms with E-state index >= 15 is 0 Å². The second-order valence-corrected chi connectivity index (χ2v) is 8.05. The van der Waals surface area contributed by atoms with E-state index in [9.17, 15) is 30.0 Å². The standard InChI is InChI=1S/C12H18Br2N2O7/c1-9(21,5-17)6(18)11-7(19)16-12(22,8(20)15-11)10(14,4-13)2-3-23-11/h6,17-18,21-22H,2-5H2,1H3,(H,15,20)(H,16,19)/t6-,9-,10?,11-,12-/m0/s1. The van der Waals surface area contributed by atoms with Crippen molar-refractivity contribution in [2.45, 2.75) is 40.8 Å². The van der Waals surface area contributed by atoms with E-state index in [0.717, 1.165) is 6.92 Å². The fourth-order valence-electron chi connectivity index (χ4n) is 2.56. The predicted molar refractivity (Wildman–Crippen MR) is 83.7 cm³/mol. The number of rotatable bonds is 4. The maximum Gasteiger partial charge on any atom is 0.279 e. The van der Waals surface area contributed by atoms with Gasteiger partial charge in [-0.1, -0.05) is 31.9 Å². The topological polar surface area (TPSA) is 148 Å². The van der Waals surface area contributed by atoms with Crippen molar-refractivity contribution in [1.82, 2.24) is 10.6 Å². The zero-order chi connectivity index (χ0) is 17.7. The van der Waals surface area contributed by atoms with Gasteiger partial charge in [-0.05, 0) is 13.3 Å². The van der Waals surface area contributed by atoms with Crippen LogP contribution in [-0.4, -0.2) is 78.3 Å². The van der Waals surface area contributed by atoms with Gasteiger partial charge in [0, 0.05) is 5.33 Å². The molecule has 0 saturated carbocycles. The van der Waals surface area contributed by atoms with Crippen LogP contribution in [0, 0.1) is 0 Å². The number of alkyl halides is 2. The van der Waals surface area contributed by atoms with Crippen LogP contribution in [0.1, 0.15) is 13.3 Å². The van der Waals surface area contributed by atoms with Crippen LogP contribution in [0.15, 0.2) is 0 Å². The van der Waals surface area contributed by atoms with Crippen molar-refractivity contribution in [2.75, 3.05) is 18.5 Å². The molecule has 0 spiro atoms. The molecule has 23 heavy (non-hydrogen) atoms. The number of fused-ring (bicyclic) bond motifs is 5. The second-order valence-electron chi connectivity index (χ2n) is 5.97. The summed E-state index contributed by atoms with van der Waals surface area (Å²) in [7, 11) is 0. The summed E-state index contributed by atoms with van der Waals surface area (Å²) in [5.41, 5.74) is -6.73. The highest BCUT2D eigenvalue weighted by Gasteiger charge is 2.67. The first-order chi connectivity index (χ1) is 10.5. The first kappa shape index (κ1) is 19.0. The average Bonchev–Trinajstić information content (AvgIpc) is 2.50. The van der Waals surface area contributed by atoms with Crippen LogP contribution in [-0.2, 0) is 14.3 Å². The van der Waals surface area contributed by atoms with Crippen molar-refractivity contribution in [3.05, 3.63) is 0 Å². The lowest BCUT2D eigenvalue weighted by Gasteiger charge is -2.53. The second kappa shape index (κ2) is 5.90. The fraction of sp³-hybridized carbons (Fsp3) is 0.833. The van der Waals surface area contributed by atoms with Crippen LogP contribution < -0.4 is 10.6 Å². The van der Waals surface area contributed by atoms with Gasteiger partial charge < -0.3 is 35.8 Å². The summed E-state index contributed by atoms with van der Waals surface area (Å²) in [6.07, 6.45) is -1.86. The lowest BCUT2D eigenvalue weighted by Crippen LogP contribution is -2.86. The number of carbonyl (C=O) groups excluding carboxylic acids is 2. The van der Waals surface area contributed by atoms with E-state index in [2.05, 4.69) is 42.5 Å². The molecule has 0 aromatic carbocycles. The zero-order valence-corrected chi connectivity index (χ0v) is 15.3. The summed E-state index contributed by atoms with van der Waals surface area (Å²) in [4.78, 5) is 24.9. The van der Waals surface area contributed by atoms with Crippen LogP contribution in [0.25, 0.3) is 0 Å². The monoisotopic (exact) mass is 460 g/mol. The van der Waals surface area contributed by atoms with Gasteiger partial charge in [0.15, 0.2) is 0 Å². The van der Waals surface area contributed by atoms with E-state index in [1.165, 1.54) is 0 Å². The van der Waals surface area contributed by atoms with Crippen LogP contribution in [0.3, 0.4) is 0 Å². The third-order valence-corrected chi connectivity index (χ3v) is 7.20. The summed E-state index contributed by atoms with van der Waals surface area (Å²) in [6, 6.07) is 0. The van der Waals surface area contributed by atoms with E-state index in [-0.39, 0.29) is 18.4 Å². The molecular formula is C12H18Br2N2O7. The number of halogens is 2. The normalized spacial score (nSPS) is 41.3. The predicted octanol–water partition coefficient (Wildman–Crippen LogP) is -2.33. The van der Waals surface area contributed by atoms with Crippen molar-refractivity contribution in [1.29, 1.82) is 0 Å². The Morgan fingerprint density at radius 3 is 2.52 bits per heavy atom. The molecule has 3 heterocycles. The largest absolute Gasteiger partial charge is 0.393 e. The summed E-state index contributed by atoms with van der Waals surface area (Å²) < 4.78 is 4.17. The number of ether oxygens (including phenoxy) is 1. The lowest BCUT2D eigenvalue weighted by atomic mass is 9.83. The van der Waals surface area contributed by atoms with Crippen LogP contribution in [0.5, 0.6) is 0 Å². The first-order valence-electron chi connectivity index (χ1n) is 6.77. The molecule has 6 N–H and O–H groups in total. The van der Waals surface area contributed by atoms with Crippen molar-refractivity contribution in [3.63, 3.8) is 0 Å². The summed E-state index contributed by atoms with van der Waals surface area (Å²) in [6.45, 7) is 0.0873. The van der Waals surface area contributed by atoms with Gasteiger partial charge in [0.1, 0.15) is 11.7 Å². The Morgan fingerprint density at radius 2 is 2.00 bits per heavy atom. The van der Waals surface area contributed by atoms with Gasteiger partial charge in [-0.3, -0.25) is 9.59 Å². The van der Waals surface area contributed by atoms with Crippen molar-refractivity contribution in [3.8, 4) is 0 Å². The highest BCUT2D eigenvalue weighted by molar-refractivity contribution is 9.12. The number of carbonyl (C=O) groups is 2. The molecule has 0 aliphatic carbocycles. The number of piperazine rings is 1. The van der Waals surface area contributed by atoms with E-state index in [4.69, 9.17) is 4.74 Å². The fourth-order valence-corrected chi connectivity index (χ4v) is 3.69. The molecule has 3 rings (SSSR count). The maximum atomic E-state index is 12.5. The highest BCUT2D eigenvalue weighted by Crippen LogP contribution is 2.41. The molecule has 2 amide bonds. The summed E-state index contributed by atoms with van der Waals surface area (Å²) in [5.74, 6) is -2.05. The van der Waals surface area contributed by atoms with Gasteiger partial charge in [-0.15, -0.1) is 0 Å². The number of hydrogen-bond acceptors (Lipinski definition) is 7. The molecule has 2 bridgehead atoms. The Bertz CT molecular complexity index is 534. The minimum atomic E-state index is -2.32. The number of aliphatic hydroxyl groups is 4. The molecule has 0 aromatic rings. The molecular weight excluding hydrogens is 444 g/mol. The molecule has 3 aliphatic rings. The van der Waals surface area contributed by atoms with Crippen LogP contribution >= 0.6 is 31.9 Å². The molecule has 3 fully saturated rings. The summed E-state index contributed by atoms with van der Waals surface area (Å²) >= 11 is 6.44. The number of aliphatic hydroxyl groups excluding tert-OH is 2. The smallest absolute Gasteiger partial charge is 0.279 e. The molecule has 3 aliphatic heterocycles. The van der Waals surface area contributed by atoms with E-state index in [1.807, 2.05) is 0 Å². The van der Waals surface area contributed by atoms with Gasteiger partial charge in [-0.2, -0.15) is 0 Å². The van der Waals surface area contributed by atoms with Gasteiger partial charge in [0.25, 0.3) is 17.5 Å². The molecule has 0 radical (unpaired) electrons. The third-order valence-electron chi connectivity index (χ3n) is 4.24. The van der Waals surface area contributed by atoms with Crippen molar-refractivity contribution in [2.24, 2.45) is 0 Å². The molecule has 5 atom stereocenters. The maximum absolute atomic E-state index is 12.5. The molecule has 1 unspecified atom stereocenters. The zero-order valence-electron chi connectivity index (χ0n) is 12.2. The lowest BCUT2D eigenvalue weighted by molar-refractivity contribution is -0.237. The van der Waals surface area contributed by atoms with Gasteiger partial charge in [-0.25, -0.2) is 0 Å². The van der Waals surface area contributed by atoms with Crippen LogP contribution in [0.2, 0.25) is 0 Å². The molecule has 132 valence electrons. The Morgan fingerprint density at radius 1 is 1.39 bits per heavy atom. The molecule has 3 saturated heterocycles. The Labute approximate surface area is 148 Å². The Balaban J connectivity index is 2.50. The average molecular weight is 462 g/mol. The van der Waals surface area contributed by atoms with Gasteiger partial charge >= 0.3 is 0 Å². The highest BCUT2D eigenvalue weighted by atomic mass is 79.9. The van der Waals surface area contributed by atoms with Crippen LogP contribution in [0.4, 0.5) is 0 Å². The Kier molecular flexibility index (Phi) is 4.88. The van der Waals surface area contributed by atoms with Gasteiger partial charge in [0.05, 0.1) is 17.5 Å². The molecule has 9 nitrogen and oxygen atoms in total. The molecule has 11 heteroatoms. The third kappa shape index (κ3) is 2.62. The van der Waals surface area contributed by atoms with E-state index in [1.54, 1.807) is 0 Å². The van der Waals surface area contributed by atoms with Crippen molar-refractivity contribution < 1.29 is 34.8 Å². The number of amides is 2. The van der Waals surface area contributed by atoms with Crippen molar-refractivity contribution >= 4 is 43.7 Å². The first-order valence-corrected chi connectivity index (χ1v) is 8.68. The number of hydrogen-bond donors (Lipinski definition) is 6. The summed E-state index contributed by atoms with van der Waals surface area (Å²) in [5, 5.41) is 44.7. The Hall–Kier alpha value is -0.300. The minimum absolute atomic E-state index is 0.109. The SMILES string of the molecule is C[C@](O)(CO)[C@H](O)[C@@]12NC(=O)[C@@](O)(NC1=O)C(Br)(CBr)CCO2. The molecule has 0 aromatic heterocycles. The minimum Gasteiger partial charge on any atom is -0.393 e. The quantitative estimate of drug-likeness (QED) is 0.257.